The van der Waals surface area contributed by atoms with Gasteiger partial charge in [0.25, 0.3) is 0 Å². The van der Waals surface area contributed by atoms with Crippen LogP contribution >= 0.6 is 0 Å². The molecule has 0 fully saturated rings. The molecule has 0 aliphatic heterocycles. The number of carbonyl (C=O) groups excluding carboxylic acids is 2. The van der Waals surface area contributed by atoms with E-state index in [1.165, 1.54) is 33.4 Å². The Bertz CT molecular complexity index is 1380. The summed E-state index contributed by atoms with van der Waals surface area (Å²) in [6, 6.07) is 17.7. The molecule has 1 unspecified atom stereocenters. The zero-order valence-electron chi connectivity index (χ0n) is 24.7. The van der Waals surface area contributed by atoms with E-state index < -0.39 is 11.7 Å². The molecule has 1 N–H and O–H groups in total. The summed E-state index contributed by atoms with van der Waals surface area (Å²) in [6.07, 6.45) is 3.33. The van der Waals surface area contributed by atoms with Crippen LogP contribution in [0.15, 0.2) is 60.8 Å². The van der Waals surface area contributed by atoms with Gasteiger partial charge in [-0.25, -0.2) is 0 Å². The third kappa shape index (κ3) is 7.78. The summed E-state index contributed by atoms with van der Waals surface area (Å²) in [5.74, 6) is 1.00. The fourth-order valence-electron chi connectivity index (χ4n) is 5.24. The molecule has 218 valence electrons. The Labute approximate surface area is 242 Å². The van der Waals surface area contributed by atoms with Crippen molar-refractivity contribution in [3.63, 3.8) is 0 Å². The van der Waals surface area contributed by atoms with Gasteiger partial charge in [-0.15, -0.1) is 0 Å². The number of aryl methyl sites for hydroxylation is 1. The molecule has 0 saturated heterocycles. The maximum atomic E-state index is 13.0. The molecular weight excluding hydrogens is 520 g/mol. The van der Waals surface area contributed by atoms with Crippen molar-refractivity contribution in [3.8, 4) is 5.75 Å². The van der Waals surface area contributed by atoms with Gasteiger partial charge in [0.15, 0.2) is 0 Å². The molecule has 0 bridgehead atoms. The lowest BCUT2D eigenvalue weighted by molar-refractivity contribution is -0.894. The van der Waals surface area contributed by atoms with E-state index in [1.54, 1.807) is 18.2 Å². The van der Waals surface area contributed by atoms with E-state index in [1.807, 2.05) is 46.8 Å². The molecule has 2 aromatic carbocycles. The number of ether oxygens (including phenoxy) is 3. The number of rotatable bonds is 9. The Balaban J connectivity index is 1.48. The van der Waals surface area contributed by atoms with Crippen molar-refractivity contribution in [1.29, 1.82) is 0 Å². The van der Waals surface area contributed by atoms with Crippen molar-refractivity contribution in [2.24, 2.45) is 0 Å². The first kappa shape index (κ1) is 29.9. The van der Waals surface area contributed by atoms with E-state index in [0.717, 1.165) is 28.9 Å². The lowest BCUT2D eigenvalue weighted by atomic mass is 9.88. The van der Waals surface area contributed by atoms with Crippen molar-refractivity contribution >= 4 is 17.9 Å². The first-order valence-corrected chi connectivity index (χ1v) is 14.2. The number of esters is 1. The van der Waals surface area contributed by atoms with E-state index >= 15 is 0 Å². The number of nitrogens with zero attached hydrogens (tertiary/aromatic N) is 2. The SMILES string of the molecule is CCOC(=O)CC1Cc2cc(C)c(OCCCN(C(=O)OC(C)(C)C)c3cccc[n+]3O)cc2Cc2ccccc21. The maximum absolute atomic E-state index is 13.0. The Morgan fingerprint density at radius 3 is 2.54 bits per heavy atom. The Morgan fingerprint density at radius 2 is 1.80 bits per heavy atom. The summed E-state index contributed by atoms with van der Waals surface area (Å²) >= 11 is 0. The average Bonchev–Trinajstić information content (AvgIpc) is 3.04. The second-order valence-electron chi connectivity index (χ2n) is 11.4. The molecule has 8 nitrogen and oxygen atoms in total. The molecule has 1 aromatic heterocycles. The summed E-state index contributed by atoms with van der Waals surface area (Å²) in [7, 11) is 0. The molecule has 1 atom stereocenters. The molecule has 0 saturated carbocycles. The van der Waals surface area contributed by atoms with Gasteiger partial charge in [0.2, 0.25) is 0 Å². The molecule has 1 aliphatic carbocycles. The van der Waals surface area contributed by atoms with Crippen LogP contribution in [0.25, 0.3) is 0 Å². The zero-order valence-corrected chi connectivity index (χ0v) is 24.7. The van der Waals surface area contributed by atoms with Crippen LogP contribution in [0.1, 0.15) is 74.3 Å². The van der Waals surface area contributed by atoms with Crippen LogP contribution in [0.5, 0.6) is 5.75 Å². The normalized spacial score (nSPS) is 14.3. The quantitative estimate of drug-likeness (QED) is 0.151. The van der Waals surface area contributed by atoms with E-state index in [2.05, 4.69) is 24.3 Å². The number of anilines is 1. The van der Waals surface area contributed by atoms with Crippen LogP contribution in [0, 0.1) is 6.92 Å². The number of pyridine rings is 1. The topological polar surface area (TPSA) is 89.2 Å². The van der Waals surface area contributed by atoms with Crippen LogP contribution in [0.3, 0.4) is 0 Å². The average molecular weight is 562 g/mol. The van der Waals surface area contributed by atoms with Crippen molar-refractivity contribution < 1.29 is 33.7 Å². The largest absolute Gasteiger partial charge is 0.507 e. The zero-order chi connectivity index (χ0) is 29.6. The maximum Gasteiger partial charge on any atom is 0.507 e. The molecule has 4 rings (SSSR count). The lowest BCUT2D eigenvalue weighted by Gasteiger charge is -2.22. The highest BCUT2D eigenvalue weighted by molar-refractivity contribution is 5.85. The summed E-state index contributed by atoms with van der Waals surface area (Å²) in [6.45, 7) is 10.3. The van der Waals surface area contributed by atoms with Gasteiger partial charge >= 0.3 is 17.9 Å². The molecular formula is C33H41N2O6+. The first-order chi connectivity index (χ1) is 19.6. The standard InChI is InChI=1S/C33H41N2O6/c1-6-39-31(36)22-27-20-25-18-23(2)29(21-26(25)19-24-12-7-8-13-28(24)27)40-17-11-15-34(32(37)41-33(3,4)5)30-14-9-10-16-35(30)38/h7-10,12-14,16,18,21,27,38H,6,11,15,17,19-20,22H2,1-5H3/q+1. The van der Waals surface area contributed by atoms with Crippen LogP contribution < -0.4 is 14.4 Å². The smallest absolute Gasteiger partial charge is 0.493 e. The van der Waals surface area contributed by atoms with E-state index in [4.69, 9.17) is 14.2 Å². The highest BCUT2D eigenvalue weighted by Crippen LogP contribution is 2.37. The predicted octanol–water partition coefficient (Wildman–Crippen LogP) is 5.91. The minimum Gasteiger partial charge on any atom is -0.493 e. The van der Waals surface area contributed by atoms with Crippen LogP contribution in [-0.4, -0.2) is 42.6 Å². The molecule has 1 amide bonds. The third-order valence-electron chi connectivity index (χ3n) is 7.05. The van der Waals surface area contributed by atoms with Crippen LogP contribution in [-0.2, 0) is 27.1 Å². The summed E-state index contributed by atoms with van der Waals surface area (Å²) < 4.78 is 18.0. The molecule has 0 spiro atoms. The highest BCUT2D eigenvalue weighted by atomic mass is 16.6. The molecule has 3 aromatic rings. The summed E-state index contributed by atoms with van der Waals surface area (Å²) in [4.78, 5) is 26.8. The molecule has 41 heavy (non-hydrogen) atoms. The predicted molar refractivity (Wildman–Crippen MR) is 156 cm³/mol. The van der Waals surface area contributed by atoms with Crippen molar-refractivity contribution in [3.05, 3.63) is 88.6 Å². The van der Waals surface area contributed by atoms with Gasteiger partial charge in [-0.2, -0.15) is 9.69 Å². The van der Waals surface area contributed by atoms with Gasteiger partial charge in [0, 0.05) is 12.5 Å². The molecule has 0 radical (unpaired) electrons. The van der Waals surface area contributed by atoms with Crippen molar-refractivity contribution in [2.45, 2.75) is 71.8 Å². The number of hydrogen-bond acceptors (Lipinski definition) is 6. The Hall–Kier alpha value is -4.07. The van der Waals surface area contributed by atoms with Gasteiger partial charge < -0.3 is 19.4 Å². The first-order valence-electron chi connectivity index (χ1n) is 14.2. The van der Waals surface area contributed by atoms with Gasteiger partial charge in [-0.05, 0) is 93.3 Å². The third-order valence-corrected chi connectivity index (χ3v) is 7.05. The summed E-state index contributed by atoms with van der Waals surface area (Å²) in [5.41, 5.74) is 5.15. The monoisotopic (exact) mass is 561 g/mol. The summed E-state index contributed by atoms with van der Waals surface area (Å²) in [5, 5.41) is 10.3. The van der Waals surface area contributed by atoms with E-state index in [9.17, 15) is 14.8 Å². The highest BCUT2D eigenvalue weighted by Gasteiger charge is 2.32. The fourth-order valence-corrected chi connectivity index (χ4v) is 5.24. The van der Waals surface area contributed by atoms with Gasteiger partial charge in [0.05, 0.1) is 19.6 Å². The minimum absolute atomic E-state index is 0.0591. The van der Waals surface area contributed by atoms with E-state index in [-0.39, 0.29) is 11.9 Å². The van der Waals surface area contributed by atoms with Gasteiger partial charge in [0.1, 0.15) is 24.1 Å². The molecule has 8 heteroatoms. The number of benzene rings is 2. The Kier molecular flexibility index (Phi) is 9.53. The number of amides is 1. The number of fused-ring (bicyclic) bond motifs is 2. The van der Waals surface area contributed by atoms with Crippen molar-refractivity contribution in [2.75, 3.05) is 24.7 Å². The van der Waals surface area contributed by atoms with Crippen LogP contribution in [0.4, 0.5) is 10.6 Å². The van der Waals surface area contributed by atoms with Gasteiger partial charge in [-0.1, -0.05) is 41.1 Å². The van der Waals surface area contributed by atoms with Gasteiger partial charge in [-0.3, -0.25) is 4.79 Å². The fraction of sp³-hybridized carbons (Fsp3) is 0.424. The lowest BCUT2D eigenvalue weighted by Crippen LogP contribution is -2.45. The second-order valence-corrected chi connectivity index (χ2v) is 11.4. The minimum atomic E-state index is -0.673. The van der Waals surface area contributed by atoms with E-state index in [0.29, 0.717) is 38.4 Å². The molecule has 1 aliphatic rings. The number of hydrogen-bond donors (Lipinski definition) is 1. The molecule has 1 heterocycles. The Morgan fingerprint density at radius 1 is 1.05 bits per heavy atom. The number of carbonyl (C=O) groups is 2. The second kappa shape index (κ2) is 13.1. The van der Waals surface area contributed by atoms with Crippen LogP contribution in [0.2, 0.25) is 0 Å². The van der Waals surface area contributed by atoms with Crippen molar-refractivity contribution in [1.82, 2.24) is 0 Å². The number of aromatic nitrogens is 1.